The fourth-order valence-corrected chi connectivity index (χ4v) is 2.82. The minimum Gasteiger partial charge on any atom is -0.486 e. The number of carbonyl (C=O) groups is 1. The topological polar surface area (TPSA) is 90.8 Å². The van der Waals surface area contributed by atoms with E-state index in [9.17, 15) is 4.79 Å². The second-order valence-electron chi connectivity index (χ2n) is 6.22. The van der Waals surface area contributed by atoms with Crippen LogP contribution in [-0.4, -0.2) is 41.2 Å². The van der Waals surface area contributed by atoms with E-state index in [1.807, 2.05) is 18.2 Å². The van der Waals surface area contributed by atoms with Crippen LogP contribution >= 0.6 is 0 Å². The third kappa shape index (κ3) is 3.94. The molecule has 3 aromatic rings. The summed E-state index contributed by atoms with van der Waals surface area (Å²) >= 11 is 0. The molecule has 0 saturated heterocycles. The Kier molecular flexibility index (Phi) is 4.78. The number of furan rings is 1. The normalized spacial score (nSPS) is 12.8. The first kappa shape index (κ1) is 17.1. The molecule has 8 nitrogen and oxygen atoms in total. The van der Waals surface area contributed by atoms with E-state index >= 15 is 0 Å². The predicted octanol–water partition coefficient (Wildman–Crippen LogP) is 2.69. The van der Waals surface area contributed by atoms with Gasteiger partial charge in [-0.25, -0.2) is 0 Å². The molecule has 0 aliphatic carbocycles. The summed E-state index contributed by atoms with van der Waals surface area (Å²) < 4.78 is 21.5. The van der Waals surface area contributed by atoms with Gasteiger partial charge in [0.2, 0.25) is 17.6 Å². The summed E-state index contributed by atoms with van der Waals surface area (Å²) in [5, 5.41) is 3.86. The maximum absolute atomic E-state index is 12.4. The van der Waals surface area contributed by atoms with Crippen LogP contribution in [0.15, 0.2) is 45.5 Å². The number of hydrogen-bond donors (Lipinski definition) is 0. The van der Waals surface area contributed by atoms with Crippen molar-refractivity contribution in [3.63, 3.8) is 0 Å². The van der Waals surface area contributed by atoms with Gasteiger partial charge in [-0.1, -0.05) is 11.2 Å². The highest BCUT2D eigenvalue weighted by molar-refractivity contribution is 5.76. The molecular weight excluding hydrogens is 350 g/mol. The van der Waals surface area contributed by atoms with Crippen molar-refractivity contribution in [1.82, 2.24) is 15.0 Å². The lowest BCUT2D eigenvalue weighted by Crippen LogP contribution is -2.26. The standard InChI is InChI=1S/C19H19N3O5/c1-22(12-13-4-5-14-16(11-13)26-10-9-25-14)18(23)7-6-17-20-19(21-27-17)15-3-2-8-24-15/h2-5,8,11H,6-7,9-10,12H2,1H3. The Balaban J connectivity index is 1.32. The van der Waals surface area contributed by atoms with Gasteiger partial charge in [0.15, 0.2) is 17.3 Å². The number of fused-ring (bicyclic) bond motifs is 1. The van der Waals surface area contributed by atoms with Gasteiger partial charge in [-0.15, -0.1) is 0 Å². The van der Waals surface area contributed by atoms with Crippen LogP contribution in [-0.2, 0) is 17.8 Å². The Morgan fingerprint density at radius 2 is 2.04 bits per heavy atom. The lowest BCUT2D eigenvalue weighted by Gasteiger charge is -2.21. The second kappa shape index (κ2) is 7.53. The summed E-state index contributed by atoms with van der Waals surface area (Å²) in [6, 6.07) is 9.22. The van der Waals surface area contributed by atoms with E-state index in [0.717, 1.165) is 17.1 Å². The Bertz CT molecular complexity index is 919. The highest BCUT2D eigenvalue weighted by Crippen LogP contribution is 2.31. The van der Waals surface area contributed by atoms with Crippen molar-refractivity contribution in [2.75, 3.05) is 20.3 Å². The number of rotatable bonds is 6. The number of aryl methyl sites for hydroxylation is 1. The van der Waals surface area contributed by atoms with Crippen molar-refractivity contribution in [1.29, 1.82) is 0 Å². The van der Waals surface area contributed by atoms with Gasteiger partial charge >= 0.3 is 0 Å². The smallest absolute Gasteiger partial charge is 0.238 e. The van der Waals surface area contributed by atoms with Crippen LogP contribution in [0.25, 0.3) is 11.6 Å². The summed E-state index contributed by atoms with van der Waals surface area (Å²) in [6.07, 6.45) is 2.20. The molecule has 1 aliphatic heterocycles. The predicted molar refractivity (Wildman–Crippen MR) is 94.2 cm³/mol. The summed E-state index contributed by atoms with van der Waals surface area (Å²) in [7, 11) is 1.77. The van der Waals surface area contributed by atoms with E-state index in [2.05, 4.69) is 10.1 Å². The minimum absolute atomic E-state index is 0.0114. The van der Waals surface area contributed by atoms with Crippen LogP contribution in [0.5, 0.6) is 11.5 Å². The van der Waals surface area contributed by atoms with Crippen molar-refractivity contribution < 1.29 is 23.2 Å². The Hall–Kier alpha value is -3.29. The van der Waals surface area contributed by atoms with E-state index in [-0.39, 0.29) is 12.3 Å². The van der Waals surface area contributed by atoms with Gasteiger partial charge in [0.25, 0.3) is 0 Å². The van der Waals surface area contributed by atoms with E-state index in [1.165, 1.54) is 0 Å². The molecule has 140 valence electrons. The quantitative estimate of drug-likeness (QED) is 0.660. The number of nitrogens with zero attached hydrogens (tertiary/aromatic N) is 3. The van der Waals surface area contributed by atoms with Gasteiger partial charge in [0.1, 0.15) is 13.2 Å². The van der Waals surface area contributed by atoms with Crippen molar-refractivity contribution in [2.24, 2.45) is 0 Å². The molecule has 3 heterocycles. The number of benzene rings is 1. The number of hydrogen-bond acceptors (Lipinski definition) is 7. The molecule has 0 fully saturated rings. The van der Waals surface area contributed by atoms with Crippen molar-refractivity contribution in [3.8, 4) is 23.1 Å². The number of ether oxygens (including phenoxy) is 2. The SMILES string of the molecule is CN(Cc1ccc2c(c1)OCCO2)C(=O)CCc1nc(-c2ccco2)no1. The molecule has 1 amide bonds. The molecule has 4 rings (SSSR count). The van der Waals surface area contributed by atoms with Crippen LogP contribution in [0.3, 0.4) is 0 Å². The molecular formula is C19H19N3O5. The molecule has 8 heteroatoms. The highest BCUT2D eigenvalue weighted by Gasteiger charge is 2.16. The summed E-state index contributed by atoms with van der Waals surface area (Å²) in [5.74, 6) is 2.77. The van der Waals surface area contributed by atoms with Crippen LogP contribution in [0, 0.1) is 0 Å². The number of amides is 1. The van der Waals surface area contributed by atoms with Gasteiger partial charge in [-0.2, -0.15) is 4.98 Å². The van der Waals surface area contributed by atoms with Crippen LogP contribution < -0.4 is 9.47 Å². The van der Waals surface area contributed by atoms with E-state index in [4.69, 9.17) is 18.4 Å². The van der Waals surface area contributed by atoms with Crippen LogP contribution in [0.2, 0.25) is 0 Å². The lowest BCUT2D eigenvalue weighted by molar-refractivity contribution is -0.130. The van der Waals surface area contributed by atoms with Gasteiger partial charge in [0, 0.05) is 26.4 Å². The molecule has 1 aliphatic rings. The molecule has 0 radical (unpaired) electrons. The average molecular weight is 369 g/mol. The first-order valence-electron chi connectivity index (χ1n) is 8.68. The maximum atomic E-state index is 12.4. The zero-order chi connectivity index (χ0) is 18.6. The molecule has 0 spiro atoms. The van der Waals surface area contributed by atoms with Crippen molar-refractivity contribution >= 4 is 5.91 Å². The van der Waals surface area contributed by atoms with E-state index in [1.54, 1.807) is 30.3 Å². The van der Waals surface area contributed by atoms with Gasteiger partial charge in [-0.3, -0.25) is 4.79 Å². The third-order valence-corrected chi connectivity index (χ3v) is 4.21. The molecule has 0 unspecified atom stereocenters. The maximum Gasteiger partial charge on any atom is 0.238 e. The molecule has 0 saturated carbocycles. The van der Waals surface area contributed by atoms with Crippen molar-refractivity contribution in [3.05, 3.63) is 48.0 Å². The van der Waals surface area contributed by atoms with Gasteiger partial charge in [0.05, 0.1) is 6.26 Å². The largest absolute Gasteiger partial charge is 0.486 e. The zero-order valence-corrected chi connectivity index (χ0v) is 14.9. The summed E-state index contributed by atoms with van der Waals surface area (Å²) in [6.45, 7) is 1.58. The number of carbonyl (C=O) groups excluding carboxylic acids is 1. The first-order valence-corrected chi connectivity index (χ1v) is 8.68. The Labute approximate surface area is 155 Å². The molecule has 27 heavy (non-hydrogen) atoms. The molecule has 0 atom stereocenters. The van der Waals surface area contributed by atoms with Gasteiger partial charge in [-0.05, 0) is 29.8 Å². The van der Waals surface area contributed by atoms with E-state index in [0.29, 0.717) is 43.7 Å². The lowest BCUT2D eigenvalue weighted by atomic mass is 10.1. The van der Waals surface area contributed by atoms with Crippen LogP contribution in [0.1, 0.15) is 17.9 Å². The number of aromatic nitrogens is 2. The molecule has 2 aromatic heterocycles. The van der Waals surface area contributed by atoms with Gasteiger partial charge < -0.3 is 23.3 Å². The first-order chi connectivity index (χ1) is 13.2. The zero-order valence-electron chi connectivity index (χ0n) is 14.9. The Morgan fingerprint density at radius 3 is 2.85 bits per heavy atom. The second-order valence-corrected chi connectivity index (χ2v) is 6.22. The van der Waals surface area contributed by atoms with E-state index < -0.39 is 0 Å². The summed E-state index contributed by atoms with van der Waals surface area (Å²) in [5.41, 5.74) is 0.980. The average Bonchev–Trinajstić information content (AvgIpc) is 3.37. The highest BCUT2D eigenvalue weighted by atomic mass is 16.6. The van der Waals surface area contributed by atoms with Crippen LogP contribution in [0.4, 0.5) is 0 Å². The fourth-order valence-electron chi connectivity index (χ4n) is 2.82. The molecule has 1 aromatic carbocycles. The Morgan fingerprint density at radius 1 is 1.19 bits per heavy atom. The fraction of sp³-hybridized carbons (Fsp3) is 0.316. The molecule has 0 N–H and O–H groups in total. The van der Waals surface area contributed by atoms with Crippen molar-refractivity contribution in [2.45, 2.75) is 19.4 Å². The molecule has 0 bridgehead atoms. The summed E-state index contributed by atoms with van der Waals surface area (Å²) in [4.78, 5) is 18.3. The minimum atomic E-state index is -0.0114. The monoisotopic (exact) mass is 369 g/mol. The third-order valence-electron chi connectivity index (χ3n) is 4.21.